The second-order valence-electron chi connectivity index (χ2n) is 9.19. The van der Waals surface area contributed by atoms with Gasteiger partial charge in [0.1, 0.15) is 15.8 Å². The highest BCUT2D eigenvalue weighted by atomic mass is 32.2. The van der Waals surface area contributed by atoms with Crippen LogP contribution in [0.15, 0.2) is 64.4 Å². The first-order valence-electron chi connectivity index (χ1n) is 11.5. The van der Waals surface area contributed by atoms with Crippen molar-refractivity contribution in [3.05, 3.63) is 81.1 Å². The summed E-state index contributed by atoms with van der Waals surface area (Å²) >= 11 is 6.77. The van der Waals surface area contributed by atoms with Gasteiger partial charge in [-0.25, -0.2) is 4.98 Å². The number of rotatable bonds is 4. The number of piperidine rings is 1. The van der Waals surface area contributed by atoms with Crippen LogP contribution in [0.3, 0.4) is 0 Å². The summed E-state index contributed by atoms with van der Waals surface area (Å²) in [6.45, 7) is 6.52. The first-order valence-corrected chi connectivity index (χ1v) is 12.7. The average molecular weight is 491 g/mol. The molecule has 0 aliphatic carbocycles. The maximum Gasteiger partial charge on any atom is 0.267 e. The Hall–Kier alpha value is -2.97. The Morgan fingerprint density at radius 1 is 1.06 bits per heavy atom. The molecule has 174 valence electrons. The normalized spacial score (nSPS) is 22.2. The van der Waals surface area contributed by atoms with Crippen LogP contribution in [0.4, 0.5) is 5.82 Å². The van der Waals surface area contributed by atoms with Crippen LogP contribution in [-0.2, 0) is 11.3 Å². The van der Waals surface area contributed by atoms with Crippen LogP contribution in [-0.4, -0.2) is 37.6 Å². The number of anilines is 1. The lowest BCUT2D eigenvalue weighted by atomic mass is 9.91. The zero-order chi connectivity index (χ0) is 23.8. The quantitative estimate of drug-likeness (QED) is 0.394. The van der Waals surface area contributed by atoms with E-state index in [1.807, 2.05) is 48.5 Å². The molecule has 1 amide bonds. The van der Waals surface area contributed by atoms with Gasteiger partial charge >= 0.3 is 0 Å². The summed E-state index contributed by atoms with van der Waals surface area (Å²) in [6.07, 6.45) is 4.56. The molecule has 8 heteroatoms. The van der Waals surface area contributed by atoms with Crippen LogP contribution in [0, 0.1) is 11.8 Å². The molecule has 6 nitrogen and oxygen atoms in total. The summed E-state index contributed by atoms with van der Waals surface area (Å²) in [5.74, 6) is 1.46. The van der Waals surface area contributed by atoms with Gasteiger partial charge in [0, 0.05) is 19.3 Å². The highest BCUT2D eigenvalue weighted by Crippen LogP contribution is 2.35. The molecule has 0 spiro atoms. The molecule has 2 aromatic heterocycles. The number of aromatic nitrogens is 2. The van der Waals surface area contributed by atoms with Gasteiger partial charge in [0.15, 0.2) is 0 Å². The van der Waals surface area contributed by atoms with Crippen LogP contribution in [0.5, 0.6) is 0 Å². The van der Waals surface area contributed by atoms with Crippen molar-refractivity contribution in [1.29, 1.82) is 0 Å². The highest BCUT2D eigenvalue weighted by molar-refractivity contribution is 8.26. The molecule has 5 rings (SSSR count). The lowest BCUT2D eigenvalue weighted by Crippen LogP contribution is -2.40. The minimum Gasteiger partial charge on any atom is -0.355 e. The molecule has 34 heavy (non-hydrogen) atoms. The number of thiocarbonyl (C=S) groups is 1. The lowest BCUT2D eigenvalue weighted by molar-refractivity contribution is -0.122. The van der Waals surface area contributed by atoms with Crippen LogP contribution in [0.2, 0.25) is 0 Å². The Bertz CT molecular complexity index is 1340. The molecule has 0 N–H and O–H groups in total. The van der Waals surface area contributed by atoms with Crippen LogP contribution >= 0.6 is 24.0 Å². The number of hydrogen-bond acceptors (Lipinski definition) is 6. The molecule has 0 radical (unpaired) electrons. The van der Waals surface area contributed by atoms with Crippen LogP contribution in [0.25, 0.3) is 11.7 Å². The van der Waals surface area contributed by atoms with Gasteiger partial charge in [-0.05, 0) is 42.0 Å². The number of amides is 1. The molecular weight excluding hydrogens is 464 g/mol. The summed E-state index contributed by atoms with van der Waals surface area (Å²) < 4.78 is 2.03. The summed E-state index contributed by atoms with van der Waals surface area (Å²) in [5.41, 5.74) is 1.86. The topological polar surface area (TPSA) is 57.9 Å². The molecule has 2 aliphatic heterocycles. The third kappa shape index (κ3) is 4.40. The Balaban J connectivity index is 1.57. The van der Waals surface area contributed by atoms with Crippen molar-refractivity contribution in [2.24, 2.45) is 11.8 Å². The molecule has 2 saturated heterocycles. The molecular formula is C26H26N4O2S2. The number of carbonyl (C=O) groups is 1. The van der Waals surface area contributed by atoms with Gasteiger partial charge in [-0.2, -0.15) is 0 Å². The van der Waals surface area contributed by atoms with Crippen molar-refractivity contribution < 1.29 is 4.79 Å². The van der Waals surface area contributed by atoms with Gasteiger partial charge in [-0.3, -0.25) is 18.9 Å². The number of carbonyl (C=O) groups excluding carboxylic acids is 1. The predicted octanol–water partition coefficient (Wildman–Crippen LogP) is 4.58. The molecule has 1 aromatic carbocycles. The van der Waals surface area contributed by atoms with E-state index in [0.717, 1.165) is 25.1 Å². The third-order valence-corrected chi connectivity index (χ3v) is 7.63. The first kappa shape index (κ1) is 22.8. The van der Waals surface area contributed by atoms with E-state index in [0.29, 0.717) is 44.6 Å². The number of fused-ring (bicyclic) bond motifs is 1. The fraction of sp³-hybridized carbons (Fsp3) is 0.308. The number of thioether (sulfide) groups is 1. The van der Waals surface area contributed by atoms with Crippen molar-refractivity contribution in [3.63, 3.8) is 0 Å². The van der Waals surface area contributed by atoms with Crippen molar-refractivity contribution in [2.75, 3.05) is 18.0 Å². The van der Waals surface area contributed by atoms with E-state index < -0.39 is 0 Å². The molecule has 2 aliphatic rings. The molecule has 2 unspecified atom stereocenters. The predicted molar refractivity (Wildman–Crippen MR) is 142 cm³/mol. The Labute approximate surface area is 208 Å². The van der Waals surface area contributed by atoms with Gasteiger partial charge in [-0.1, -0.05) is 74.2 Å². The molecule has 2 fully saturated rings. The molecule has 0 bridgehead atoms. The number of pyridine rings is 1. The van der Waals surface area contributed by atoms with E-state index in [1.54, 1.807) is 17.2 Å². The smallest absolute Gasteiger partial charge is 0.267 e. The Morgan fingerprint density at radius 2 is 1.76 bits per heavy atom. The Morgan fingerprint density at radius 3 is 2.50 bits per heavy atom. The minimum absolute atomic E-state index is 0.178. The van der Waals surface area contributed by atoms with Crippen molar-refractivity contribution >= 4 is 51.7 Å². The third-order valence-electron chi connectivity index (χ3n) is 6.25. The van der Waals surface area contributed by atoms with E-state index in [2.05, 4.69) is 18.7 Å². The van der Waals surface area contributed by atoms with Crippen LogP contribution < -0.4 is 10.5 Å². The minimum atomic E-state index is -0.181. The van der Waals surface area contributed by atoms with Crippen molar-refractivity contribution in [1.82, 2.24) is 14.3 Å². The molecule has 2 atom stereocenters. The number of benzene rings is 1. The SMILES string of the molecule is CC1CC(C)CN(c2nc3ccccn3c(=O)c2/C=C2\SC(=S)N(Cc3ccccc3)C2=O)C1. The summed E-state index contributed by atoms with van der Waals surface area (Å²) in [6, 6.07) is 15.3. The van der Waals surface area contributed by atoms with E-state index >= 15 is 0 Å². The fourth-order valence-electron chi connectivity index (χ4n) is 4.83. The van der Waals surface area contributed by atoms with Gasteiger partial charge < -0.3 is 4.90 Å². The molecule has 0 saturated carbocycles. The van der Waals surface area contributed by atoms with E-state index in [-0.39, 0.29) is 11.5 Å². The van der Waals surface area contributed by atoms with Crippen LogP contribution in [0.1, 0.15) is 31.4 Å². The lowest BCUT2D eigenvalue weighted by Gasteiger charge is -2.36. The van der Waals surface area contributed by atoms with Crippen molar-refractivity contribution in [3.8, 4) is 0 Å². The highest BCUT2D eigenvalue weighted by Gasteiger charge is 2.33. The zero-order valence-corrected chi connectivity index (χ0v) is 20.8. The van der Waals surface area contributed by atoms with E-state index in [4.69, 9.17) is 17.2 Å². The van der Waals surface area contributed by atoms with Gasteiger partial charge in [0.05, 0.1) is 17.0 Å². The number of nitrogens with zero attached hydrogens (tertiary/aromatic N) is 4. The Kier molecular flexibility index (Phi) is 6.27. The standard InChI is InChI=1S/C26H26N4O2S2/c1-17-12-18(2)15-28(14-17)23-20(24(31)29-11-7-6-10-22(29)27-23)13-21-25(32)30(26(33)34-21)16-19-8-4-3-5-9-19/h3-11,13,17-18H,12,14-16H2,1-2H3/b21-13-. The van der Waals surface area contributed by atoms with Gasteiger partial charge in [0.25, 0.3) is 11.5 Å². The summed E-state index contributed by atoms with van der Waals surface area (Å²) in [4.78, 5) is 36.0. The monoisotopic (exact) mass is 490 g/mol. The summed E-state index contributed by atoms with van der Waals surface area (Å²) in [5, 5.41) is 0. The first-order chi connectivity index (χ1) is 16.4. The maximum absolute atomic E-state index is 13.6. The zero-order valence-electron chi connectivity index (χ0n) is 19.2. The van der Waals surface area contributed by atoms with Gasteiger partial charge in [0.2, 0.25) is 0 Å². The molecule has 4 heterocycles. The van der Waals surface area contributed by atoms with E-state index in [9.17, 15) is 9.59 Å². The second-order valence-corrected chi connectivity index (χ2v) is 10.9. The van der Waals surface area contributed by atoms with E-state index in [1.165, 1.54) is 16.2 Å². The second kappa shape index (κ2) is 9.35. The van der Waals surface area contributed by atoms with Crippen molar-refractivity contribution in [2.45, 2.75) is 26.8 Å². The largest absolute Gasteiger partial charge is 0.355 e. The maximum atomic E-state index is 13.6. The average Bonchev–Trinajstić information content (AvgIpc) is 3.08. The summed E-state index contributed by atoms with van der Waals surface area (Å²) in [7, 11) is 0. The molecule has 3 aromatic rings. The number of hydrogen-bond donors (Lipinski definition) is 0. The van der Waals surface area contributed by atoms with Gasteiger partial charge in [-0.15, -0.1) is 0 Å². The fourth-order valence-corrected chi connectivity index (χ4v) is 6.06.